The average Bonchev–Trinajstić information content (AvgIpc) is 2.94. The van der Waals surface area contributed by atoms with Crippen molar-refractivity contribution in [3.8, 4) is 5.69 Å². The largest absolute Gasteiger partial charge is 0.362 e. The van der Waals surface area contributed by atoms with E-state index in [1.807, 2.05) is 29.7 Å². The Labute approximate surface area is 162 Å². The van der Waals surface area contributed by atoms with Gasteiger partial charge in [0.05, 0.1) is 11.4 Å². The molecule has 1 aliphatic heterocycles. The van der Waals surface area contributed by atoms with Gasteiger partial charge < -0.3 is 9.64 Å². The van der Waals surface area contributed by atoms with Gasteiger partial charge in [0.25, 0.3) is 0 Å². The number of aryl methyl sites for hydroxylation is 1. The first-order chi connectivity index (χ1) is 13.0. The number of hydrogen-bond donors (Lipinski definition) is 0. The van der Waals surface area contributed by atoms with E-state index in [-0.39, 0.29) is 11.9 Å². The van der Waals surface area contributed by atoms with Crippen molar-refractivity contribution in [1.29, 1.82) is 0 Å². The quantitative estimate of drug-likeness (QED) is 0.670. The third-order valence-corrected chi connectivity index (χ3v) is 5.35. The first-order valence-electron chi connectivity index (χ1n) is 9.23. The fourth-order valence-corrected chi connectivity index (χ4v) is 4.01. The number of hydrogen-bond acceptors (Lipinski definition) is 4. The normalized spacial score (nSPS) is 14.7. The second-order valence-electron chi connectivity index (χ2n) is 6.87. The van der Waals surface area contributed by atoms with Gasteiger partial charge in [0.15, 0.2) is 5.65 Å². The lowest BCUT2D eigenvalue weighted by molar-refractivity contribution is 0.0895. The van der Waals surface area contributed by atoms with Gasteiger partial charge in [0, 0.05) is 30.9 Å². The minimum Gasteiger partial charge on any atom is -0.362 e. The molecule has 1 aromatic carbocycles. The van der Waals surface area contributed by atoms with Crippen LogP contribution in [0.4, 0.5) is 5.69 Å². The lowest BCUT2D eigenvalue weighted by Gasteiger charge is -2.35. The van der Waals surface area contributed by atoms with E-state index < -0.39 is 0 Å². The van der Waals surface area contributed by atoms with E-state index in [1.54, 1.807) is 23.8 Å². The Balaban J connectivity index is 1.97. The fraction of sp³-hybridized carbons (Fsp3) is 0.400. The summed E-state index contributed by atoms with van der Waals surface area (Å²) in [5, 5.41) is 0.637. The Morgan fingerprint density at radius 1 is 1.26 bits per heavy atom. The molecule has 4 rings (SSSR count). The third kappa shape index (κ3) is 2.93. The van der Waals surface area contributed by atoms with E-state index in [9.17, 15) is 4.79 Å². The molecule has 1 atom stereocenters. The molecule has 7 heteroatoms. The zero-order valence-electron chi connectivity index (χ0n) is 15.8. The van der Waals surface area contributed by atoms with Gasteiger partial charge >= 0.3 is 5.69 Å². The molecule has 3 heterocycles. The highest BCUT2D eigenvalue weighted by atomic mass is 35.5. The summed E-state index contributed by atoms with van der Waals surface area (Å²) >= 11 is 6.02. The summed E-state index contributed by atoms with van der Waals surface area (Å²) in [4.78, 5) is 20.1. The lowest BCUT2D eigenvalue weighted by atomic mass is 10.2. The molecule has 27 heavy (non-hydrogen) atoms. The van der Waals surface area contributed by atoms with Crippen LogP contribution in [0, 0.1) is 6.92 Å². The Kier molecular flexibility index (Phi) is 4.70. The number of pyridine rings is 1. The van der Waals surface area contributed by atoms with E-state index in [1.165, 1.54) is 0 Å². The molecule has 1 aliphatic rings. The number of methoxy groups -OCH3 is 1. The van der Waals surface area contributed by atoms with Crippen LogP contribution in [0.25, 0.3) is 16.9 Å². The van der Waals surface area contributed by atoms with Crippen LogP contribution in [-0.4, -0.2) is 34.0 Å². The standard InChI is InChI=1S/C20H23ClN4O2/c1-4-5-17(27-3)23-10-11-24-18-16(23)12-13(2)22-19(18)25(20(24)26)15-8-6-14(21)7-9-15/h6-9,12,17H,4-5,10-11H2,1-3H3. The molecule has 0 aliphatic carbocycles. The molecule has 0 saturated carbocycles. The summed E-state index contributed by atoms with van der Waals surface area (Å²) in [6, 6.07) is 9.32. The molecule has 0 amide bonds. The molecule has 142 valence electrons. The molecule has 1 unspecified atom stereocenters. The Bertz CT molecular complexity index is 1040. The Morgan fingerprint density at radius 3 is 2.67 bits per heavy atom. The number of aromatic nitrogens is 3. The summed E-state index contributed by atoms with van der Waals surface area (Å²) < 4.78 is 9.24. The van der Waals surface area contributed by atoms with Crippen LogP contribution in [0.3, 0.4) is 0 Å². The van der Waals surface area contributed by atoms with Crippen LogP contribution < -0.4 is 10.6 Å². The summed E-state index contributed by atoms with van der Waals surface area (Å²) in [7, 11) is 1.74. The van der Waals surface area contributed by atoms with E-state index in [4.69, 9.17) is 21.3 Å². The lowest BCUT2D eigenvalue weighted by Crippen LogP contribution is -2.43. The number of nitrogens with zero attached hydrogens (tertiary/aromatic N) is 4. The highest BCUT2D eigenvalue weighted by Gasteiger charge is 2.29. The molecular weight excluding hydrogens is 364 g/mol. The summed E-state index contributed by atoms with van der Waals surface area (Å²) in [6.45, 7) is 5.44. The highest BCUT2D eigenvalue weighted by molar-refractivity contribution is 6.30. The zero-order valence-corrected chi connectivity index (χ0v) is 16.5. The van der Waals surface area contributed by atoms with Crippen LogP contribution in [0.2, 0.25) is 5.02 Å². The number of ether oxygens (including phenoxy) is 1. The molecule has 2 aromatic heterocycles. The summed E-state index contributed by atoms with van der Waals surface area (Å²) in [5.41, 5.74) is 4.11. The highest BCUT2D eigenvalue weighted by Crippen LogP contribution is 2.33. The van der Waals surface area contributed by atoms with Gasteiger partial charge in [-0.1, -0.05) is 24.9 Å². The molecule has 0 spiro atoms. The van der Waals surface area contributed by atoms with Crippen LogP contribution in [0.5, 0.6) is 0 Å². The molecule has 0 bridgehead atoms. The predicted octanol–water partition coefficient (Wildman–Crippen LogP) is 3.74. The van der Waals surface area contributed by atoms with E-state index in [2.05, 4.69) is 11.8 Å². The molecule has 0 saturated heterocycles. The molecule has 0 N–H and O–H groups in total. The van der Waals surface area contributed by atoms with Gasteiger partial charge in [0.2, 0.25) is 0 Å². The monoisotopic (exact) mass is 386 g/mol. The second-order valence-corrected chi connectivity index (χ2v) is 7.31. The number of benzene rings is 1. The van der Waals surface area contributed by atoms with Crippen molar-refractivity contribution in [1.82, 2.24) is 14.1 Å². The van der Waals surface area contributed by atoms with Crippen LogP contribution in [-0.2, 0) is 11.3 Å². The van der Waals surface area contributed by atoms with Gasteiger partial charge in [-0.3, -0.25) is 4.57 Å². The van der Waals surface area contributed by atoms with Gasteiger partial charge in [-0.2, -0.15) is 0 Å². The van der Waals surface area contributed by atoms with Gasteiger partial charge in [-0.25, -0.2) is 14.3 Å². The van der Waals surface area contributed by atoms with Crippen molar-refractivity contribution in [3.05, 3.63) is 51.5 Å². The number of imidazole rings is 1. The van der Waals surface area contributed by atoms with E-state index in [0.29, 0.717) is 17.2 Å². The number of anilines is 1. The Hall–Kier alpha value is -2.31. The predicted molar refractivity (Wildman–Crippen MR) is 108 cm³/mol. The minimum atomic E-state index is -0.0734. The van der Waals surface area contributed by atoms with E-state index in [0.717, 1.165) is 42.0 Å². The first kappa shape index (κ1) is 18.1. The van der Waals surface area contributed by atoms with Crippen LogP contribution in [0.1, 0.15) is 25.5 Å². The van der Waals surface area contributed by atoms with Crippen molar-refractivity contribution < 1.29 is 4.74 Å². The van der Waals surface area contributed by atoms with E-state index >= 15 is 0 Å². The molecular formula is C20H23ClN4O2. The summed E-state index contributed by atoms with van der Waals surface area (Å²) in [5.74, 6) is 0. The average molecular weight is 387 g/mol. The summed E-state index contributed by atoms with van der Waals surface area (Å²) in [6.07, 6.45) is 1.95. The van der Waals surface area contributed by atoms with Crippen LogP contribution >= 0.6 is 11.6 Å². The Morgan fingerprint density at radius 2 is 2.00 bits per heavy atom. The SMILES string of the molecule is CCCC(OC)N1CCn2c(=O)n(-c3ccc(Cl)cc3)c3nc(C)cc1c32. The number of rotatable bonds is 5. The van der Waals surface area contributed by atoms with Crippen molar-refractivity contribution in [3.63, 3.8) is 0 Å². The van der Waals surface area contributed by atoms with Gasteiger partial charge in [-0.15, -0.1) is 0 Å². The maximum absolute atomic E-state index is 13.2. The minimum absolute atomic E-state index is 0.0114. The van der Waals surface area contributed by atoms with Crippen LogP contribution in [0.15, 0.2) is 35.1 Å². The zero-order chi connectivity index (χ0) is 19.1. The second kappa shape index (κ2) is 7.02. The van der Waals surface area contributed by atoms with Gasteiger partial charge in [0.1, 0.15) is 11.7 Å². The topological polar surface area (TPSA) is 52.3 Å². The molecule has 0 radical (unpaired) electrons. The van der Waals surface area contributed by atoms with Crippen molar-refractivity contribution in [2.75, 3.05) is 18.6 Å². The maximum atomic E-state index is 13.2. The molecule has 6 nitrogen and oxygen atoms in total. The fourth-order valence-electron chi connectivity index (χ4n) is 3.88. The molecule has 0 fully saturated rings. The van der Waals surface area contributed by atoms with Gasteiger partial charge in [-0.05, 0) is 43.7 Å². The van der Waals surface area contributed by atoms with Crippen molar-refractivity contribution in [2.45, 2.75) is 39.5 Å². The third-order valence-electron chi connectivity index (χ3n) is 5.10. The molecule has 3 aromatic rings. The number of halogens is 1. The maximum Gasteiger partial charge on any atom is 0.335 e. The first-order valence-corrected chi connectivity index (χ1v) is 9.61. The van der Waals surface area contributed by atoms with Crippen molar-refractivity contribution >= 4 is 28.5 Å². The van der Waals surface area contributed by atoms with Crippen molar-refractivity contribution in [2.24, 2.45) is 0 Å². The smallest absolute Gasteiger partial charge is 0.335 e.